The first-order valence-corrected chi connectivity index (χ1v) is 9.37. The summed E-state index contributed by atoms with van der Waals surface area (Å²) in [4.78, 5) is 45.2. The van der Waals surface area contributed by atoms with Crippen LogP contribution in [0.1, 0.15) is 6.42 Å². The van der Waals surface area contributed by atoms with Gasteiger partial charge >= 0.3 is 0 Å². The van der Waals surface area contributed by atoms with Gasteiger partial charge in [-0.1, -0.05) is 12.1 Å². The molecule has 0 saturated carbocycles. The highest BCUT2D eigenvalue weighted by Crippen LogP contribution is 2.24. The summed E-state index contributed by atoms with van der Waals surface area (Å²) < 4.78 is 1.16. The van der Waals surface area contributed by atoms with E-state index in [1.54, 1.807) is 36.7 Å². The molecule has 140 valence electrons. The molecule has 0 aliphatic rings. The fourth-order valence-corrected chi connectivity index (χ4v) is 3.51. The molecule has 2 N–H and O–H groups in total. The predicted molar refractivity (Wildman–Crippen MR) is 107 cm³/mol. The molecule has 0 aliphatic carbocycles. The van der Waals surface area contributed by atoms with Gasteiger partial charge in [-0.05, 0) is 24.3 Å². The minimum Gasteiger partial charge on any atom is -0.302 e. The monoisotopic (exact) mass is 393 g/mol. The van der Waals surface area contributed by atoms with Crippen LogP contribution in [0.5, 0.6) is 0 Å². The second-order valence-corrected chi connectivity index (χ2v) is 6.88. The van der Waals surface area contributed by atoms with Crippen molar-refractivity contribution in [3.8, 4) is 11.3 Å². The highest BCUT2D eigenvalue weighted by molar-refractivity contribution is 7.14. The highest BCUT2D eigenvalue weighted by atomic mass is 32.1. The van der Waals surface area contributed by atoms with E-state index in [9.17, 15) is 14.4 Å². The maximum absolute atomic E-state index is 12.5. The molecule has 1 aromatic carbocycles. The van der Waals surface area contributed by atoms with Crippen molar-refractivity contribution in [1.82, 2.24) is 19.7 Å². The molecule has 0 aliphatic heterocycles. The summed E-state index contributed by atoms with van der Waals surface area (Å²) >= 11 is 1.30. The van der Waals surface area contributed by atoms with Gasteiger partial charge in [0.2, 0.25) is 5.91 Å². The molecule has 8 nitrogen and oxygen atoms in total. The maximum atomic E-state index is 12.5. The first-order valence-electron chi connectivity index (χ1n) is 8.49. The minimum absolute atomic E-state index is 0.0238. The number of carbonyl (C=O) groups excluding carboxylic acids is 1. The van der Waals surface area contributed by atoms with Gasteiger partial charge in [0.15, 0.2) is 5.13 Å². The van der Waals surface area contributed by atoms with E-state index in [-0.39, 0.29) is 30.0 Å². The number of hydrogen-bond acceptors (Lipinski definition) is 6. The molecular formula is C19H15N5O3S. The lowest BCUT2D eigenvalue weighted by Gasteiger charge is -2.07. The van der Waals surface area contributed by atoms with Gasteiger partial charge in [0.1, 0.15) is 0 Å². The number of nitrogens with zero attached hydrogens (tertiary/aromatic N) is 3. The van der Waals surface area contributed by atoms with E-state index in [1.165, 1.54) is 11.3 Å². The fourth-order valence-electron chi connectivity index (χ4n) is 2.78. The Morgan fingerprint density at radius 3 is 2.75 bits per heavy atom. The third-order valence-electron chi connectivity index (χ3n) is 4.15. The number of aryl methyl sites for hydroxylation is 1. The Morgan fingerprint density at radius 2 is 1.96 bits per heavy atom. The molecule has 0 saturated heterocycles. The van der Waals surface area contributed by atoms with Gasteiger partial charge < -0.3 is 5.32 Å². The molecule has 0 radical (unpaired) electrons. The van der Waals surface area contributed by atoms with Gasteiger partial charge in [-0.15, -0.1) is 11.3 Å². The molecule has 0 atom stereocenters. The standard InChI is InChI=1S/C19H15N5O3S/c25-16(22-19-21-15(11-28-19)12-4-3-8-20-10-12)7-9-24-18(27)14-6-2-1-5-13(14)17(26)23-24/h1-6,8,10-11H,7,9H2,(H,23,26)(H,21,22,25). The molecule has 0 spiro atoms. The van der Waals surface area contributed by atoms with Crippen LogP contribution >= 0.6 is 11.3 Å². The van der Waals surface area contributed by atoms with Crippen molar-refractivity contribution >= 4 is 33.1 Å². The van der Waals surface area contributed by atoms with Crippen LogP contribution in [0, 0.1) is 0 Å². The number of thiazole rings is 1. The molecular weight excluding hydrogens is 378 g/mol. The lowest BCUT2D eigenvalue weighted by Crippen LogP contribution is -2.31. The quantitative estimate of drug-likeness (QED) is 0.540. The zero-order valence-electron chi connectivity index (χ0n) is 14.6. The number of nitrogens with one attached hydrogen (secondary N) is 2. The lowest BCUT2D eigenvalue weighted by molar-refractivity contribution is -0.116. The van der Waals surface area contributed by atoms with Crippen LogP contribution in [0.25, 0.3) is 22.0 Å². The summed E-state index contributed by atoms with van der Waals surface area (Å²) in [6.45, 7) is 0.0611. The highest BCUT2D eigenvalue weighted by Gasteiger charge is 2.11. The summed E-state index contributed by atoms with van der Waals surface area (Å²) in [5.41, 5.74) is 0.885. The Kier molecular flexibility index (Phi) is 4.81. The van der Waals surface area contributed by atoms with Crippen molar-refractivity contribution in [1.29, 1.82) is 0 Å². The Balaban J connectivity index is 1.45. The topological polar surface area (TPSA) is 110 Å². The van der Waals surface area contributed by atoms with Crippen LogP contribution in [0.2, 0.25) is 0 Å². The Labute approximate surface area is 162 Å². The molecule has 3 aromatic heterocycles. The predicted octanol–water partition coefficient (Wildman–Crippen LogP) is 2.24. The molecule has 3 heterocycles. The first-order chi connectivity index (χ1) is 13.6. The van der Waals surface area contributed by atoms with Crippen molar-refractivity contribution in [2.75, 3.05) is 5.32 Å². The third-order valence-corrected chi connectivity index (χ3v) is 4.91. The molecule has 4 aromatic rings. The number of anilines is 1. The van der Waals surface area contributed by atoms with Gasteiger partial charge in [-0.2, -0.15) is 0 Å². The number of benzene rings is 1. The van der Waals surface area contributed by atoms with Crippen LogP contribution < -0.4 is 16.4 Å². The summed E-state index contributed by atoms with van der Waals surface area (Å²) in [6.07, 6.45) is 3.40. The van der Waals surface area contributed by atoms with Crippen molar-refractivity contribution < 1.29 is 4.79 Å². The van der Waals surface area contributed by atoms with Crippen molar-refractivity contribution in [2.45, 2.75) is 13.0 Å². The van der Waals surface area contributed by atoms with Crippen molar-refractivity contribution in [3.63, 3.8) is 0 Å². The zero-order valence-corrected chi connectivity index (χ0v) is 15.4. The molecule has 0 bridgehead atoms. The third kappa shape index (κ3) is 3.60. The number of aromatic nitrogens is 4. The van der Waals surface area contributed by atoms with E-state index in [4.69, 9.17) is 0 Å². The average Bonchev–Trinajstić information content (AvgIpc) is 3.19. The Bertz CT molecular complexity index is 1260. The van der Waals surface area contributed by atoms with Crippen LogP contribution in [-0.4, -0.2) is 25.7 Å². The smallest absolute Gasteiger partial charge is 0.273 e. The van der Waals surface area contributed by atoms with Gasteiger partial charge in [0.25, 0.3) is 11.1 Å². The van der Waals surface area contributed by atoms with E-state index in [0.717, 1.165) is 15.9 Å². The average molecular weight is 393 g/mol. The van der Waals surface area contributed by atoms with Crippen LogP contribution in [0.3, 0.4) is 0 Å². The molecule has 9 heteroatoms. The number of hydrogen-bond donors (Lipinski definition) is 2. The van der Waals surface area contributed by atoms with E-state index in [2.05, 4.69) is 20.4 Å². The van der Waals surface area contributed by atoms with Crippen LogP contribution in [0.15, 0.2) is 63.8 Å². The summed E-state index contributed by atoms with van der Waals surface area (Å²) in [5.74, 6) is -0.298. The number of aromatic amines is 1. The number of amides is 1. The van der Waals surface area contributed by atoms with E-state index < -0.39 is 0 Å². The summed E-state index contributed by atoms with van der Waals surface area (Å²) in [5, 5.41) is 8.18. The molecule has 0 fully saturated rings. The minimum atomic E-state index is -0.364. The van der Waals surface area contributed by atoms with Crippen LogP contribution in [0.4, 0.5) is 5.13 Å². The van der Waals surface area contributed by atoms with E-state index >= 15 is 0 Å². The van der Waals surface area contributed by atoms with E-state index in [0.29, 0.717) is 15.9 Å². The number of pyridine rings is 1. The van der Waals surface area contributed by atoms with Crippen LogP contribution in [-0.2, 0) is 11.3 Å². The summed E-state index contributed by atoms with van der Waals surface area (Å²) in [7, 11) is 0. The van der Waals surface area contributed by atoms with Gasteiger partial charge in [-0.3, -0.25) is 24.5 Å². The SMILES string of the molecule is O=C(CCn1[nH]c(=O)c2ccccc2c1=O)Nc1nc(-c2cccnc2)cs1. The number of rotatable bonds is 5. The van der Waals surface area contributed by atoms with Gasteiger partial charge in [-0.25, -0.2) is 9.67 Å². The zero-order chi connectivity index (χ0) is 19.5. The van der Waals surface area contributed by atoms with Gasteiger partial charge in [0, 0.05) is 29.8 Å². The van der Waals surface area contributed by atoms with Gasteiger partial charge in [0.05, 0.1) is 23.0 Å². The Hall–Kier alpha value is -3.59. The maximum Gasteiger partial charge on any atom is 0.273 e. The number of H-pyrrole nitrogens is 1. The first kappa shape index (κ1) is 17.8. The largest absolute Gasteiger partial charge is 0.302 e. The van der Waals surface area contributed by atoms with E-state index in [1.807, 2.05) is 17.5 Å². The lowest BCUT2D eigenvalue weighted by atomic mass is 10.2. The summed E-state index contributed by atoms with van der Waals surface area (Å²) in [6, 6.07) is 10.3. The Morgan fingerprint density at radius 1 is 1.14 bits per heavy atom. The second-order valence-electron chi connectivity index (χ2n) is 6.02. The van der Waals surface area contributed by atoms with Crippen molar-refractivity contribution in [3.05, 3.63) is 74.9 Å². The number of fused-ring (bicyclic) bond motifs is 1. The fraction of sp³-hybridized carbons (Fsp3) is 0.105. The normalized spacial score (nSPS) is 10.9. The van der Waals surface area contributed by atoms with Crippen molar-refractivity contribution in [2.24, 2.45) is 0 Å². The number of carbonyl (C=O) groups is 1. The molecule has 1 amide bonds. The second kappa shape index (κ2) is 7.57. The molecule has 0 unspecified atom stereocenters. The molecule has 4 rings (SSSR count). The molecule has 28 heavy (non-hydrogen) atoms.